The van der Waals surface area contributed by atoms with Crippen molar-refractivity contribution in [2.45, 2.75) is 6.92 Å². The second kappa shape index (κ2) is 7.85. The Labute approximate surface area is 149 Å². The highest BCUT2D eigenvalue weighted by molar-refractivity contribution is 5.93. The van der Waals surface area contributed by atoms with Crippen LogP contribution in [0.1, 0.15) is 23.0 Å². The van der Waals surface area contributed by atoms with Gasteiger partial charge in [0.15, 0.2) is 11.5 Å². The molecule has 1 aromatic carbocycles. The number of carbonyl (C=O) groups excluding carboxylic acids is 2. The Kier molecular flexibility index (Phi) is 5.15. The lowest BCUT2D eigenvalue weighted by atomic mass is 10.2. The summed E-state index contributed by atoms with van der Waals surface area (Å²) in [6, 6.07) is 12.3. The first-order valence-corrected chi connectivity index (χ1v) is 7.86. The van der Waals surface area contributed by atoms with E-state index >= 15 is 0 Å². The molecule has 0 spiro atoms. The first-order valence-electron chi connectivity index (χ1n) is 7.86. The van der Waals surface area contributed by atoms with Gasteiger partial charge in [-0.15, -0.1) is 0 Å². The fraction of sp³-hybridized carbons (Fsp3) is 0.105. The largest absolute Gasteiger partial charge is 0.463 e. The molecule has 0 saturated carbocycles. The number of hydrogen-bond donors (Lipinski definition) is 3. The van der Waals surface area contributed by atoms with Crippen molar-refractivity contribution in [3.05, 3.63) is 60.0 Å². The van der Waals surface area contributed by atoms with Gasteiger partial charge in [-0.25, -0.2) is 0 Å². The van der Waals surface area contributed by atoms with Crippen LogP contribution in [0.25, 0.3) is 11.5 Å². The Morgan fingerprint density at radius 2 is 2.04 bits per heavy atom. The third-order valence-electron chi connectivity index (χ3n) is 3.37. The van der Waals surface area contributed by atoms with Crippen molar-refractivity contribution in [3.63, 3.8) is 0 Å². The summed E-state index contributed by atoms with van der Waals surface area (Å²) in [6.45, 7) is 1.64. The van der Waals surface area contributed by atoms with Gasteiger partial charge in [0, 0.05) is 24.2 Å². The fourth-order valence-electron chi connectivity index (χ4n) is 2.20. The van der Waals surface area contributed by atoms with Crippen LogP contribution in [0.2, 0.25) is 0 Å². The summed E-state index contributed by atoms with van der Waals surface area (Å²) >= 11 is 0. The van der Waals surface area contributed by atoms with Crippen LogP contribution >= 0.6 is 0 Å². The Balaban J connectivity index is 1.53. The van der Waals surface area contributed by atoms with Crippen molar-refractivity contribution < 1.29 is 14.0 Å². The number of furan rings is 1. The summed E-state index contributed by atoms with van der Waals surface area (Å²) in [5, 5.41) is 12.1. The van der Waals surface area contributed by atoms with Crippen LogP contribution in [0.15, 0.2) is 53.1 Å². The van der Waals surface area contributed by atoms with Crippen LogP contribution in [0, 0.1) is 11.8 Å². The molecule has 3 N–H and O–H groups in total. The molecule has 0 aliphatic heterocycles. The minimum absolute atomic E-state index is 0.125. The molecule has 0 unspecified atom stereocenters. The monoisotopic (exact) mass is 348 g/mol. The SMILES string of the molecule is CC(=O)Nc1ccc(C#CCNC(=O)c2cc(-c3ccco3)[nH]n2)cc1. The standard InChI is InChI=1S/C19H16N4O3/c1-13(24)21-15-8-6-14(7-9-15)4-2-10-20-19(25)17-12-16(22-23-17)18-5-3-11-26-18/h3,5-9,11-12H,10H2,1H3,(H,20,25)(H,21,24)(H,22,23). The van der Waals surface area contributed by atoms with Gasteiger partial charge in [-0.2, -0.15) is 5.10 Å². The maximum Gasteiger partial charge on any atom is 0.272 e. The first-order chi connectivity index (χ1) is 12.6. The predicted octanol–water partition coefficient (Wildman–Crippen LogP) is 2.41. The highest BCUT2D eigenvalue weighted by Gasteiger charge is 2.11. The van der Waals surface area contributed by atoms with Crippen LogP contribution < -0.4 is 10.6 Å². The number of nitrogens with zero attached hydrogens (tertiary/aromatic N) is 1. The van der Waals surface area contributed by atoms with Crippen LogP contribution in [0.3, 0.4) is 0 Å². The van der Waals surface area contributed by atoms with Crippen LogP contribution in [-0.4, -0.2) is 28.6 Å². The third kappa shape index (κ3) is 4.39. The number of aromatic amines is 1. The molecule has 0 radical (unpaired) electrons. The maximum atomic E-state index is 12.1. The second-order valence-corrected chi connectivity index (χ2v) is 5.39. The zero-order valence-corrected chi connectivity index (χ0v) is 14.0. The third-order valence-corrected chi connectivity index (χ3v) is 3.37. The molecule has 0 atom stereocenters. The molecule has 0 fully saturated rings. The van der Waals surface area contributed by atoms with E-state index in [0.29, 0.717) is 17.1 Å². The zero-order chi connectivity index (χ0) is 18.4. The van der Waals surface area contributed by atoms with Crippen molar-refractivity contribution in [1.29, 1.82) is 0 Å². The van der Waals surface area contributed by atoms with Gasteiger partial charge in [0.25, 0.3) is 5.91 Å². The van der Waals surface area contributed by atoms with Gasteiger partial charge < -0.3 is 15.1 Å². The van der Waals surface area contributed by atoms with Gasteiger partial charge in [-0.05, 0) is 36.4 Å². The van der Waals surface area contributed by atoms with Gasteiger partial charge in [-0.1, -0.05) is 11.8 Å². The predicted molar refractivity (Wildman–Crippen MR) is 96.2 cm³/mol. The summed E-state index contributed by atoms with van der Waals surface area (Å²) < 4.78 is 5.24. The number of benzene rings is 1. The van der Waals surface area contributed by atoms with Gasteiger partial charge in [0.05, 0.1) is 12.8 Å². The molecule has 0 aliphatic carbocycles. The van der Waals surface area contributed by atoms with E-state index < -0.39 is 0 Å². The van der Waals surface area contributed by atoms with Crippen LogP contribution in [0.4, 0.5) is 5.69 Å². The van der Waals surface area contributed by atoms with E-state index in [-0.39, 0.29) is 24.1 Å². The van der Waals surface area contributed by atoms with Crippen LogP contribution in [-0.2, 0) is 4.79 Å². The van der Waals surface area contributed by atoms with Crippen molar-refractivity contribution >= 4 is 17.5 Å². The molecular weight excluding hydrogens is 332 g/mol. The van der Waals surface area contributed by atoms with Crippen molar-refractivity contribution in [3.8, 4) is 23.3 Å². The van der Waals surface area contributed by atoms with Crippen LogP contribution in [0.5, 0.6) is 0 Å². The molecular formula is C19H16N4O3. The Hall–Kier alpha value is -3.79. The average molecular weight is 348 g/mol. The summed E-state index contributed by atoms with van der Waals surface area (Å²) in [6.07, 6.45) is 1.55. The second-order valence-electron chi connectivity index (χ2n) is 5.39. The molecule has 2 amide bonds. The van der Waals surface area contributed by atoms with E-state index in [1.807, 2.05) is 0 Å². The maximum absolute atomic E-state index is 12.1. The molecule has 3 aromatic rings. The summed E-state index contributed by atoms with van der Waals surface area (Å²) in [5.41, 5.74) is 2.39. The molecule has 7 heteroatoms. The summed E-state index contributed by atoms with van der Waals surface area (Å²) in [7, 11) is 0. The molecule has 2 heterocycles. The van der Waals surface area contributed by atoms with Gasteiger partial charge in [-0.3, -0.25) is 14.7 Å². The number of hydrogen-bond acceptors (Lipinski definition) is 4. The quantitative estimate of drug-likeness (QED) is 0.630. The van der Waals surface area contributed by atoms with Crippen molar-refractivity contribution in [2.75, 3.05) is 11.9 Å². The number of nitrogens with one attached hydrogen (secondary N) is 3. The number of amides is 2. The first kappa shape index (κ1) is 17.0. The lowest BCUT2D eigenvalue weighted by Gasteiger charge is -2.00. The number of H-pyrrole nitrogens is 1. The number of aromatic nitrogens is 2. The van der Waals surface area contributed by atoms with Gasteiger partial charge in [0.2, 0.25) is 5.91 Å². The number of carbonyl (C=O) groups is 2. The molecule has 0 bridgehead atoms. The topological polar surface area (TPSA) is 100 Å². The Morgan fingerprint density at radius 1 is 1.23 bits per heavy atom. The van der Waals surface area contributed by atoms with E-state index in [9.17, 15) is 9.59 Å². The molecule has 0 aliphatic rings. The summed E-state index contributed by atoms with van der Waals surface area (Å²) in [5.74, 6) is 5.97. The number of rotatable bonds is 4. The number of anilines is 1. The lowest BCUT2D eigenvalue weighted by molar-refractivity contribution is -0.114. The van der Waals surface area contributed by atoms with E-state index in [1.54, 1.807) is 48.7 Å². The molecule has 7 nitrogen and oxygen atoms in total. The van der Waals surface area contributed by atoms with Gasteiger partial charge in [0.1, 0.15) is 5.69 Å². The van der Waals surface area contributed by atoms with E-state index in [2.05, 4.69) is 32.7 Å². The molecule has 26 heavy (non-hydrogen) atoms. The molecule has 3 rings (SSSR count). The highest BCUT2D eigenvalue weighted by Crippen LogP contribution is 2.17. The van der Waals surface area contributed by atoms with E-state index in [0.717, 1.165) is 5.56 Å². The highest BCUT2D eigenvalue weighted by atomic mass is 16.3. The molecule has 0 saturated heterocycles. The lowest BCUT2D eigenvalue weighted by Crippen LogP contribution is -2.23. The molecule has 2 aromatic heterocycles. The minimum Gasteiger partial charge on any atom is -0.463 e. The van der Waals surface area contributed by atoms with Crippen molar-refractivity contribution in [1.82, 2.24) is 15.5 Å². The van der Waals surface area contributed by atoms with Crippen molar-refractivity contribution in [2.24, 2.45) is 0 Å². The van der Waals surface area contributed by atoms with E-state index in [4.69, 9.17) is 4.42 Å². The normalized spacial score (nSPS) is 9.88. The smallest absolute Gasteiger partial charge is 0.272 e. The van der Waals surface area contributed by atoms with E-state index in [1.165, 1.54) is 6.92 Å². The average Bonchev–Trinajstić information content (AvgIpc) is 3.30. The Bertz CT molecular complexity index is 960. The minimum atomic E-state index is -0.325. The fourth-order valence-corrected chi connectivity index (χ4v) is 2.20. The Morgan fingerprint density at radius 3 is 2.73 bits per heavy atom. The van der Waals surface area contributed by atoms with Gasteiger partial charge >= 0.3 is 0 Å². The summed E-state index contributed by atoms with van der Waals surface area (Å²) in [4.78, 5) is 23.0. The molecule has 130 valence electrons. The zero-order valence-electron chi connectivity index (χ0n) is 14.0.